The number of nitrogens with one attached hydrogen (secondary N) is 1. The number of hydrogen-bond acceptors (Lipinski definition) is 6. The summed E-state index contributed by atoms with van der Waals surface area (Å²) in [6, 6.07) is 0. The van der Waals surface area contributed by atoms with Gasteiger partial charge in [0, 0.05) is 49.1 Å². The van der Waals surface area contributed by atoms with Crippen LogP contribution in [0, 0.1) is 5.92 Å². The Kier molecular flexibility index (Phi) is 11.1. The molecule has 9 heteroatoms. The van der Waals surface area contributed by atoms with Crippen molar-refractivity contribution in [3.05, 3.63) is 0 Å². The van der Waals surface area contributed by atoms with E-state index in [9.17, 15) is 17.8 Å². The van der Waals surface area contributed by atoms with E-state index in [1.54, 1.807) is 11.8 Å². The molecule has 0 aliphatic rings. The van der Waals surface area contributed by atoms with Crippen molar-refractivity contribution in [1.82, 2.24) is 5.32 Å². The van der Waals surface area contributed by atoms with Gasteiger partial charge in [-0.2, -0.15) is 11.8 Å². The molecule has 0 heterocycles. The van der Waals surface area contributed by atoms with Crippen molar-refractivity contribution in [2.45, 2.75) is 19.8 Å². The molecule has 0 spiro atoms. The molecule has 0 radical (unpaired) electrons. The molecule has 1 atom stereocenters. The highest BCUT2D eigenvalue weighted by Gasteiger charge is 2.16. The predicted molar refractivity (Wildman–Crippen MR) is 94.2 cm³/mol. The average Bonchev–Trinajstić information content (AvgIpc) is 2.41. The van der Waals surface area contributed by atoms with Crippen LogP contribution in [0.4, 0.5) is 0 Å². The predicted octanol–water partition coefficient (Wildman–Crippen LogP) is -0.168. The summed E-state index contributed by atoms with van der Waals surface area (Å²) in [6.45, 7) is 4.57. The molecule has 1 amide bonds. The maximum atomic E-state index is 11.9. The van der Waals surface area contributed by atoms with Crippen molar-refractivity contribution in [3.63, 3.8) is 0 Å². The Morgan fingerprint density at radius 3 is 2.48 bits per heavy atom. The highest BCUT2D eigenvalue weighted by atomic mass is 32.2. The minimum atomic E-state index is -4.13. The summed E-state index contributed by atoms with van der Waals surface area (Å²) in [5, 5.41) is 2.92. The van der Waals surface area contributed by atoms with Crippen LogP contribution in [0.1, 0.15) is 19.8 Å². The van der Waals surface area contributed by atoms with Crippen LogP contribution in [0.2, 0.25) is 0 Å². The molecule has 138 valence electrons. The quantitative estimate of drug-likeness (QED) is 0.265. The van der Waals surface area contributed by atoms with Crippen LogP contribution >= 0.6 is 11.8 Å². The monoisotopic (exact) mass is 369 g/mol. The van der Waals surface area contributed by atoms with Crippen LogP contribution < -0.4 is 11.1 Å². The standard InChI is InChI=1S/C14H31N3O4S2/c1-13(12-22-10-6-15)14(18)16-7-4-8-17(2,3)9-5-11-23(19,20)21/h13H,4-12,15H2,1-3H3,(H-,16,18,19,20,21). The molecule has 3 N–H and O–H groups in total. The highest BCUT2D eigenvalue weighted by Crippen LogP contribution is 2.07. The molecule has 1 unspecified atom stereocenters. The van der Waals surface area contributed by atoms with Gasteiger partial charge in [0.2, 0.25) is 5.91 Å². The lowest BCUT2D eigenvalue weighted by molar-refractivity contribution is -0.890. The van der Waals surface area contributed by atoms with E-state index in [4.69, 9.17) is 5.73 Å². The van der Waals surface area contributed by atoms with Crippen molar-refractivity contribution in [2.24, 2.45) is 11.7 Å². The smallest absolute Gasteiger partial charge is 0.223 e. The molecule has 0 aromatic carbocycles. The lowest BCUT2D eigenvalue weighted by atomic mass is 10.2. The van der Waals surface area contributed by atoms with Gasteiger partial charge in [-0.3, -0.25) is 4.79 Å². The number of nitrogens with zero attached hydrogens (tertiary/aromatic N) is 1. The maximum absolute atomic E-state index is 11.9. The molecule has 0 fully saturated rings. The van der Waals surface area contributed by atoms with Crippen molar-refractivity contribution < 1.29 is 22.2 Å². The van der Waals surface area contributed by atoms with Gasteiger partial charge in [-0.15, -0.1) is 0 Å². The summed E-state index contributed by atoms with van der Waals surface area (Å²) in [5.74, 6) is 1.34. The number of carbonyl (C=O) groups is 1. The number of rotatable bonds is 13. The lowest BCUT2D eigenvalue weighted by Gasteiger charge is -2.30. The van der Waals surface area contributed by atoms with Crippen molar-refractivity contribution in [2.75, 3.05) is 57.5 Å². The van der Waals surface area contributed by atoms with Crippen LogP contribution in [0.25, 0.3) is 0 Å². The molecule has 0 aromatic rings. The van der Waals surface area contributed by atoms with E-state index in [1.165, 1.54) is 0 Å². The fourth-order valence-corrected chi connectivity index (χ4v) is 3.41. The van der Waals surface area contributed by atoms with Crippen molar-refractivity contribution in [1.29, 1.82) is 0 Å². The second-order valence-corrected chi connectivity index (χ2v) is 9.08. The Hall–Kier alpha value is -0.350. The van der Waals surface area contributed by atoms with Crippen LogP contribution in [-0.2, 0) is 14.9 Å². The normalized spacial score (nSPS) is 13.8. The third-order valence-electron chi connectivity index (χ3n) is 3.47. The zero-order valence-corrected chi connectivity index (χ0v) is 16.0. The average molecular weight is 370 g/mol. The molecule has 0 rings (SSSR count). The molecular weight excluding hydrogens is 338 g/mol. The fourth-order valence-electron chi connectivity index (χ4n) is 2.09. The number of nitrogens with two attached hydrogens (primary N) is 1. The minimum Gasteiger partial charge on any atom is -0.748 e. The first-order chi connectivity index (χ1) is 10.6. The first-order valence-corrected chi connectivity index (χ1v) is 10.6. The first kappa shape index (κ1) is 22.6. The van der Waals surface area contributed by atoms with Crippen molar-refractivity contribution in [3.8, 4) is 0 Å². The van der Waals surface area contributed by atoms with E-state index in [-0.39, 0.29) is 17.6 Å². The Morgan fingerprint density at radius 1 is 1.30 bits per heavy atom. The SMILES string of the molecule is CC(CSCCN)C(=O)NCCC[N+](C)(C)CCCS(=O)(=O)[O-]. The largest absolute Gasteiger partial charge is 0.748 e. The summed E-state index contributed by atoms with van der Waals surface area (Å²) in [5.41, 5.74) is 5.41. The number of hydrogen-bond donors (Lipinski definition) is 2. The van der Waals surface area contributed by atoms with Gasteiger partial charge >= 0.3 is 0 Å². The van der Waals surface area contributed by atoms with Crippen LogP contribution in [0.15, 0.2) is 0 Å². The van der Waals surface area contributed by atoms with E-state index in [2.05, 4.69) is 5.32 Å². The van der Waals surface area contributed by atoms with Gasteiger partial charge in [-0.25, -0.2) is 8.42 Å². The Balaban J connectivity index is 3.85. The van der Waals surface area contributed by atoms with Gasteiger partial charge < -0.3 is 20.1 Å². The van der Waals surface area contributed by atoms with E-state index in [0.717, 1.165) is 24.5 Å². The third kappa shape index (κ3) is 13.8. The summed E-state index contributed by atoms with van der Waals surface area (Å²) < 4.78 is 32.4. The third-order valence-corrected chi connectivity index (χ3v) is 5.52. The molecule has 0 aliphatic carbocycles. The number of carbonyl (C=O) groups excluding carboxylic acids is 1. The molecular formula is C14H31N3O4S2. The number of amides is 1. The van der Waals surface area contributed by atoms with Gasteiger partial charge in [0.1, 0.15) is 0 Å². The van der Waals surface area contributed by atoms with Crippen molar-refractivity contribution >= 4 is 27.8 Å². The van der Waals surface area contributed by atoms with E-state index in [0.29, 0.717) is 30.5 Å². The Labute approximate surface area is 144 Å². The fraction of sp³-hybridized carbons (Fsp3) is 0.929. The van der Waals surface area contributed by atoms with Crippen LogP contribution in [0.3, 0.4) is 0 Å². The Bertz CT molecular complexity index is 441. The molecule has 7 nitrogen and oxygen atoms in total. The number of thioether (sulfide) groups is 1. The molecule has 0 saturated carbocycles. The van der Waals surface area contributed by atoms with E-state index >= 15 is 0 Å². The maximum Gasteiger partial charge on any atom is 0.223 e. The molecule has 23 heavy (non-hydrogen) atoms. The molecule has 0 saturated heterocycles. The van der Waals surface area contributed by atoms with Gasteiger partial charge in [0.15, 0.2) is 0 Å². The summed E-state index contributed by atoms with van der Waals surface area (Å²) in [4.78, 5) is 11.9. The number of quaternary nitrogens is 1. The highest BCUT2D eigenvalue weighted by molar-refractivity contribution is 7.99. The Morgan fingerprint density at radius 2 is 1.91 bits per heavy atom. The molecule has 0 bridgehead atoms. The van der Waals surface area contributed by atoms with Gasteiger partial charge in [0.05, 0.1) is 37.3 Å². The minimum absolute atomic E-state index is 0.0312. The second-order valence-electron chi connectivity index (χ2n) is 6.41. The first-order valence-electron chi connectivity index (χ1n) is 7.88. The summed E-state index contributed by atoms with van der Waals surface area (Å²) in [7, 11) is -0.146. The van der Waals surface area contributed by atoms with Gasteiger partial charge in [-0.1, -0.05) is 6.92 Å². The van der Waals surface area contributed by atoms with Crippen LogP contribution in [-0.4, -0.2) is 80.9 Å². The topological polar surface area (TPSA) is 112 Å². The molecule has 0 aliphatic heterocycles. The van der Waals surface area contributed by atoms with E-state index in [1.807, 2.05) is 21.0 Å². The zero-order chi connectivity index (χ0) is 17.9. The van der Waals surface area contributed by atoms with Gasteiger partial charge in [-0.05, 0) is 0 Å². The van der Waals surface area contributed by atoms with Crippen LogP contribution in [0.5, 0.6) is 0 Å². The zero-order valence-electron chi connectivity index (χ0n) is 14.4. The van der Waals surface area contributed by atoms with E-state index < -0.39 is 10.1 Å². The summed E-state index contributed by atoms with van der Waals surface area (Å²) >= 11 is 1.68. The lowest BCUT2D eigenvalue weighted by Crippen LogP contribution is -2.43. The molecule has 0 aromatic heterocycles. The summed E-state index contributed by atoms with van der Waals surface area (Å²) in [6.07, 6.45) is 1.17. The van der Waals surface area contributed by atoms with Gasteiger partial charge in [0.25, 0.3) is 0 Å². The second kappa shape index (κ2) is 11.2.